The summed E-state index contributed by atoms with van der Waals surface area (Å²) >= 11 is 12.4. The Kier molecular flexibility index (Phi) is 251. The number of rotatable bonds is 0. The molecule has 0 nitrogen and oxygen atoms in total. The maximum absolute atomic E-state index is 4.39. The van der Waals surface area contributed by atoms with Crippen molar-refractivity contribution in [2.24, 2.45) is 0 Å². The van der Waals surface area contributed by atoms with E-state index in [2.05, 4.69) is 61.2 Å². The quantitative estimate of drug-likeness (QED) is 0.414. The monoisotopic (exact) mass is 196 g/mol. The van der Waals surface area contributed by atoms with E-state index in [1.165, 1.54) is 0 Å². The molecule has 0 atom stereocenters. The Balaban J connectivity index is -0.0000000225. The van der Waals surface area contributed by atoms with Gasteiger partial charge in [0.15, 0.2) is 0 Å². The molecule has 0 saturated carbocycles. The Morgan fingerprint density at radius 3 is 0.833 bits per heavy atom. The van der Waals surface area contributed by atoms with Crippen LogP contribution in [-0.2, 0) is 15.1 Å². The maximum atomic E-state index is 4.39. The van der Waals surface area contributed by atoms with E-state index in [9.17, 15) is 0 Å². The molecule has 46 valence electrons. The molecule has 0 N–H and O–H groups in total. The standard InChI is InChI=1S/2CH2Cl.ClH.Cu/c2*1-2;;/h2*1H2;1H;/q2*-1;;+1/p-1. The molecule has 0 amide bonds. The summed E-state index contributed by atoms with van der Waals surface area (Å²) in [5, 5.41) is 0. The summed E-state index contributed by atoms with van der Waals surface area (Å²) in [7, 11) is 4.20. The molecule has 4 heteroatoms. The van der Waals surface area contributed by atoms with E-state index < -0.39 is 0 Å². The second kappa shape index (κ2) is 96.1. The van der Waals surface area contributed by atoms with E-state index in [1.54, 1.807) is 0 Å². The van der Waals surface area contributed by atoms with E-state index in [-0.39, 0.29) is 0 Å². The van der Waals surface area contributed by atoms with Gasteiger partial charge < -0.3 is 23.2 Å². The van der Waals surface area contributed by atoms with E-state index in [0.29, 0.717) is 0 Å². The van der Waals surface area contributed by atoms with Gasteiger partial charge in [-0.2, -0.15) is 0 Å². The molecule has 0 saturated heterocycles. The second-order valence-electron chi connectivity index (χ2n) is 0. The van der Waals surface area contributed by atoms with Crippen molar-refractivity contribution in [1.29, 1.82) is 0 Å². The Morgan fingerprint density at radius 1 is 0.833 bits per heavy atom. The molecular weight excluding hydrogens is 194 g/mol. The first kappa shape index (κ1) is 15.7. The van der Waals surface area contributed by atoms with Crippen LogP contribution in [0, 0.1) is 12.8 Å². The van der Waals surface area contributed by atoms with Gasteiger partial charge in [-0.15, -0.1) is 0 Å². The summed E-state index contributed by atoms with van der Waals surface area (Å²) in [5.41, 5.74) is 0. The van der Waals surface area contributed by atoms with Crippen molar-refractivity contribution >= 4 is 33.3 Å². The van der Waals surface area contributed by atoms with Crippen molar-refractivity contribution in [3.05, 3.63) is 12.8 Å². The summed E-state index contributed by atoms with van der Waals surface area (Å²) in [4.78, 5) is 0. The van der Waals surface area contributed by atoms with Crippen molar-refractivity contribution in [3.63, 3.8) is 0 Å². The van der Waals surface area contributed by atoms with E-state index >= 15 is 0 Å². The zero-order valence-electron chi connectivity index (χ0n) is 2.85. The summed E-state index contributed by atoms with van der Waals surface area (Å²) in [5.74, 6) is 0. The predicted octanol–water partition coefficient (Wildman–Crippen LogP) is 2.72. The van der Waals surface area contributed by atoms with Gasteiger partial charge in [-0.05, 0) is 0 Å². The first-order valence-electron chi connectivity index (χ1n) is 0.648. The third-order valence-corrected chi connectivity index (χ3v) is 0. The summed E-state index contributed by atoms with van der Waals surface area (Å²) in [6.07, 6.45) is 5.44. The van der Waals surface area contributed by atoms with Gasteiger partial charge >= 0.3 is 25.2 Å². The molecule has 0 radical (unpaired) electrons. The van der Waals surface area contributed by atoms with Crippen molar-refractivity contribution in [2.75, 3.05) is 0 Å². The van der Waals surface area contributed by atoms with Gasteiger partial charge in [-0.3, -0.25) is 12.8 Å². The van der Waals surface area contributed by atoms with E-state index in [0.717, 1.165) is 0 Å². The summed E-state index contributed by atoms with van der Waals surface area (Å²) in [6, 6.07) is 0. The molecule has 0 heterocycles. The van der Waals surface area contributed by atoms with Crippen molar-refractivity contribution in [1.82, 2.24) is 0 Å². The molecule has 0 bridgehead atoms. The molecule has 6 heavy (non-hydrogen) atoms. The van der Waals surface area contributed by atoms with Crippen LogP contribution < -0.4 is 0 Å². The molecule has 0 aromatic heterocycles. The molecule has 0 aliphatic heterocycles. The van der Waals surface area contributed by atoms with Gasteiger partial charge in [0.2, 0.25) is 0 Å². The minimum atomic E-state index is 2.72. The second-order valence-corrected chi connectivity index (χ2v) is 0. The molecule has 0 fully saturated rings. The average Bonchev–Trinajstić information content (AvgIpc) is 1.81. The number of hydrogen-bond acceptors (Lipinski definition) is 0. The van der Waals surface area contributed by atoms with E-state index in [4.69, 9.17) is 0 Å². The topological polar surface area (TPSA) is 0 Å². The Bertz CT molecular complexity index is 8.75. The van der Waals surface area contributed by atoms with Gasteiger partial charge in [-0.25, -0.2) is 0 Å². The molecular formula is C2H4Cl3Cu-2. The first-order chi connectivity index (χ1) is 3.00. The fourth-order valence-corrected chi connectivity index (χ4v) is 0. The molecule has 0 spiro atoms. The fraction of sp³-hybridized carbons (Fsp3) is 0. The van der Waals surface area contributed by atoms with Crippen LogP contribution in [0.1, 0.15) is 0 Å². The van der Waals surface area contributed by atoms with Crippen molar-refractivity contribution in [2.45, 2.75) is 0 Å². The molecule has 0 aromatic rings. The van der Waals surface area contributed by atoms with Crippen LogP contribution in [0.4, 0.5) is 0 Å². The Labute approximate surface area is 61.2 Å². The van der Waals surface area contributed by atoms with Crippen molar-refractivity contribution < 1.29 is 15.1 Å². The van der Waals surface area contributed by atoms with Crippen LogP contribution >= 0.6 is 33.3 Å². The van der Waals surface area contributed by atoms with Crippen LogP contribution in [-0.4, -0.2) is 0 Å². The third-order valence-electron chi connectivity index (χ3n) is 0. The normalized spacial score (nSPS) is 3.17. The van der Waals surface area contributed by atoms with Crippen LogP contribution in [0.3, 0.4) is 0 Å². The van der Waals surface area contributed by atoms with Gasteiger partial charge in [0.25, 0.3) is 0 Å². The van der Waals surface area contributed by atoms with Crippen LogP contribution in [0.5, 0.6) is 0 Å². The van der Waals surface area contributed by atoms with Gasteiger partial charge in [0.05, 0.1) is 0 Å². The van der Waals surface area contributed by atoms with Crippen LogP contribution in [0.2, 0.25) is 0 Å². The molecule has 0 aliphatic rings. The number of halogens is 3. The first-order valence-corrected chi connectivity index (χ1v) is 3.01. The SMILES string of the molecule is [CH2-]Cl.[CH2-]Cl.[Cl][Cu]. The van der Waals surface area contributed by atoms with Crippen LogP contribution in [0.25, 0.3) is 0 Å². The third kappa shape index (κ3) is 53.8. The zero-order valence-corrected chi connectivity index (χ0v) is 6.06. The average molecular weight is 198 g/mol. The molecule has 0 aliphatic carbocycles. The zero-order chi connectivity index (χ0) is 6.00. The summed E-state index contributed by atoms with van der Waals surface area (Å²) in [6.45, 7) is 0. The molecule has 0 aromatic carbocycles. The molecule has 0 unspecified atom stereocenters. The van der Waals surface area contributed by atoms with Gasteiger partial charge in [0.1, 0.15) is 0 Å². The van der Waals surface area contributed by atoms with E-state index in [1.807, 2.05) is 0 Å². The van der Waals surface area contributed by atoms with Crippen molar-refractivity contribution in [3.8, 4) is 0 Å². The minimum absolute atomic E-state index is 2.72. The summed E-state index contributed by atoms with van der Waals surface area (Å²) < 4.78 is 0. The Hall–Kier alpha value is 1.39. The van der Waals surface area contributed by atoms with Gasteiger partial charge in [0, 0.05) is 0 Å². The van der Waals surface area contributed by atoms with Gasteiger partial charge in [-0.1, -0.05) is 0 Å². The van der Waals surface area contributed by atoms with Crippen LogP contribution in [0.15, 0.2) is 0 Å². The fourth-order valence-electron chi connectivity index (χ4n) is 0. The number of hydrogen-bond donors (Lipinski definition) is 0. The Morgan fingerprint density at radius 2 is 0.833 bits per heavy atom. The molecule has 0 rings (SSSR count). The predicted molar refractivity (Wildman–Crippen MR) is 28.3 cm³/mol.